The highest BCUT2D eigenvalue weighted by Gasteiger charge is 1.94. The lowest BCUT2D eigenvalue weighted by atomic mass is 10.1. The molecule has 0 aliphatic carbocycles. The molecule has 0 spiro atoms. The summed E-state index contributed by atoms with van der Waals surface area (Å²) in [5, 5.41) is 17.6. The zero-order valence-electron chi connectivity index (χ0n) is 14.7. The molecule has 128 valence electrons. The molecule has 0 aliphatic heterocycles. The minimum absolute atomic E-state index is 0.147. The third kappa shape index (κ3) is 19.2. The van der Waals surface area contributed by atoms with Crippen LogP contribution in [-0.4, -0.2) is 11.2 Å². The quantitative estimate of drug-likeness (QED) is 0.268. The highest BCUT2D eigenvalue weighted by molar-refractivity contribution is 4.81. The van der Waals surface area contributed by atoms with Crippen LogP contribution in [0.25, 0.3) is 0 Å². The first-order valence-corrected chi connectivity index (χ1v) is 9.47. The van der Waals surface area contributed by atoms with Crippen molar-refractivity contribution in [3.63, 3.8) is 0 Å². The van der Waals surface area contributed by atoms with E-state index in [1.165, 1.54) is 64.2 Å². The molecule has 0 unspecified atom stereocenters. The van der Waals surface area contributed by atoms with Crippen molar-refractivity contribution in [1.82, 2.24) is 0 Å². The fraction of sp³-hybridized carbons (Fsp3) is 0.850. The van der Waals surface area contributed by atoms with E-state index in [9.17, 15) is 0 Å². The van der Waals surface area contributed by atoms with Gasteiger partial charge in [-0.2, -0.15) is 5.26 Å². The smallest absolute Gasteiger partial charge is 0.0621 e. The molecule has 0 saturated heterocycles. The number of allylic oxidation sites excluding steroid dienone is 2. The molecule has 0 amide bonds. The van der Waals surface area contributed by atoms with Gasteiger partial charge in [-0.1, -0.05) is 63.5 Å². The van der Waals surface area contributed by atoms with E-state index < -0.39 is 0 Å². The van der Waals surface area contributed by atoms with E-state index >= 15 is 0 Å². The normalized spacial score (nSPS) is 12.6. The van der Waals surface area contributed by atoms with Crippen LogP contribution in [0.4, 0.5) is 0 Å². The molecule has 0 saturated carbocycles. The molecule has 1 N–H and O–H groups in total. The van der Waals surface area contributed by atoms with Gasteiger partial charge in [0, 0.05) is 6.42 Å². The summed E-state index contributed by atoms with van der Waals surface area (Å²) in [4.78, 5) is 0. The maximum absolute atomic E-state index is 9.14. The second kappa shape index (κ2) is 18.2. The van der Waals surface area contributed by atoms with Gasteiger partial charge < -0.3 is 5.11 Å². The predicted molar refractivity (Wildman–Crippen MR) is 95.7 cm³/mol. The van der Waals surface area contributed by atoms with E-state index in [0.717, 1.165) is 32.1 Å². The monoisotopic (exact) mass is 307 g/mol. The molecule has 1 atom stereocenters. The molecule has 0 aromatic carbocycles. The van der Waals surface area contributed by atoms with Crippen molar-refractivity contribution < 1.29 is 5.11 Å². The summed E-state index contributed by atoms with van der Waals surface area (Å²) < 4.78 is 0. The zero-order chi connectivity index (χ0) is 16.3. The van der Waals surface area contributed by atoms with E-state index in [1.54, 1.807) is 0 Å². The van der Waals surface area contributed by atoms with Gasteiger partial charge in [0.25, 0.3) is 0 Å². The number of hydrogen-bond acceptors (Lipinski definition) is 2. The third-order valence-corrected chi connectivity index (χ3v) is 4.07. The van der Waals surface area contributed by atoms with Gasteiger partial charge in [0.05, 0.1) is 12.2 Å². The highest BCUT2D eigenvalue weighted by atomic mass is 16.3. The molecule has 0 aromatic rings. The van der Waals surface area contributed by atoms with Gasteiger partial charge >= 0.3 is 0 Å². The molecular weight excluding hydrogens is 270 g/mol. The Morgan fingerprint density at radius 2 is 1.23 bits per heavy atom. The number of nitriles is 1. The van der Waals surface area contributed by atoms with Crippen LogP contribution in [0.5, 0.6) is 0 Å². The summed E-state index contributed by atoms with van der Waals surface area (Å²) in [6.07, 6.45) is 22.7. The van der Waals surface area contributed by atoms with Crippen molar-refractivity contribution in [1.29, 1.82) is 5.26 Å². The average Bonchev–Trinajstić information content (AvgIpc) is 2.50. The van der Waals surface area contributed by atoms with Gasteiger partial charge in [0.2, 0.25) is 0 Å². The second-order valence-electron chi connectivity index (χ2n) is 6.48. The molecule has 0 radical (unpaired) electrons. The molecule has 0 aromatic heterocycles. The zero-order valence-corrected chi connectivity index (χ0v) is 14.7. The Balaban J connectivity index is 3.05. The molecule has 0 aliphatic rings. The summed E-state index contributed by atoms with van der Waals surface area (Å²) in [6, 6.07) is 2.21. The number of rotatable bonds is 16. The lowest BCUT2D eigenvalue weighted by Crippen LogP contribution is -1.97. The molecule has 2 nitrogen and oxygen atoms in total. The molecule has 0 fully saturated rings. The van der Waals surface area contributed by atoms with Crippen molar-refractivity contribution in [2.24, 2.45) is 0 Å². The topological polar surface area (TPSA) is 44.0 Å². The van der Waals surface area contributed by atoms with Crippen LogP contribution in [-0.2, 0) is 0 Å². The third-order valence-electron chi connectivity index (χ3n) is 4.07. The van der Waals surface area contributed by atoms with Crippen LogP contribution < -0.4 is 0 Å². The molecule has 0 heterocycles. The van der Waals surface area contributed by atoms with Crippen LogP contribution in [0.3, 0.4) is 0 Å². The van der Waals surface area contributed by atoms with Gasteiger partial charge in [-0.05, 0) is 45.4 Å². The number of nitrogens with zero attached hydrogens (tertiary/aromatic N) is 1. The second-order valence-corrected chi connectivity index (χ2v) is 6.48. The Kier molecular flexibility index (Phi) is 17.6. The highest BCUT2D eigenvalue weighted by Crippen LogP contribution is 2.12. The average molecular weight is 308 g/mol. The van der Waals surface area contributed by atoms with Crippen molar-refractivity contribution in [2.75, 3.05) is 0 Å². The van der Waals surface area contributed by atoms with E-state index in [-0.39, 0.29) is 6.10 Å². The summed E-state index contributed by atoms with van der Waals surface area (Å²) in [5.41, 5.74) is 0. The van der Waals surface area contributed by atoms with Crippen LogP contribution in [0.15, 0.2) is 12.2 Å². The molecule has 0 rings (SSSR count). The fourth-order valence-electron chi connectivity index (χ4n) is 2.65. The van der Waals surface area contributed by atoms with Crippen molar-refractivity contribution in [3.05, 3.63) is 12.2 Å². The maximum Gasteiger partial charge on any atom is 0.0621 e. The lowest BCUT2D eigenvalue weighted by molar-refractivity contribution is 0.182. The van der Waals surface area contributed by atoms with Gasteiger partial charge in [-0.25, -0.2) is 0 Å². The predicted octanol–water partition coefficient (Wildman–Crippen LogP) is 6.30. The Labute approximate surface area is 138 Å². The Morgan fingerprint density at radius 3 is 1.73 bits per heavy atom. The Bertz CT molecular complexity index is 278. The first-order chi connectivity index (χ1) is 10.8. The van der Waals surface area contributed by atoms with Crippen LogP contribution in [0.2, 0.25) is 0 Å². The van der Waals surface area contributed by atoms with Crippen molar-refractivity contribution in [3.8, 4) is 6.07 Å². The lowest BCUT2D eigenvalue weighted by Gasteiger charge is -2.02. The minimum Gasteiger partial charge on any atom is -0.393 e. The molecule has 22 heavy (non-hydrogen) atoms. The number of aliphatic hydroxyl groups excluding tert-OH is 1. The Hall–Kier alpha value is -0.810. The molecule has 0 bridgehead atoms. The first-order valence-electron chi connectivity index (χ1n) is 9.47. The summed E-state index contributed by atoms with van der Waals surface area (Å²) in [7, 11) is 0. The molecule has 2 heteroatoms. The number of aliphatic hydroxyl groups is 1. The van der Waals surface area contributed by atoms with Gasteiger partial charge in [0.1, 0.15) is 0 Å². The van der Waals surface area contributed by atoms with Crippen molar-refractivity contribution in [2.45, 2.75) is 109 Å². The van der Waals surface area contributed by atoms with Crippen LogP contribution >= 0.6 is 0 Å². The van der Waals surface area contributed by atoms with Gasteiger partial charge in [-0.15, -0.1) is 0 Å². The van der Waals surface area contributed by atoms with Crippen LogP contribution in [0.1, 0.15) is 103 Å². The van der Waals surface area contributed by atoms with E-state index in [1.807, 2.05) is 6.92 Å². The van der Waals surface area contributed by atoms with Crippen molar-refractivity contribution >= 4 is 0 Å². The minimum atomic E-state index is -0.147. The largest absolute Gasteiger partial charge is 0.393 e. The van der Waals surface area contributed by atoms with E-state index in [2.05, 4.69) is 18.2 Å². The summed E-state index contributed by atoms with van der Waals surface area (Å²) in [5.74, 6) is 0. The number of hydrogen-bond donors (Lipinski definition) is 1. The van der Waals surface area contributed by atoms with Gasteiger partial charge in [0.15, 0.2) is 0 Å². The van der Waals surface area contributed by atoms with Crippen LogP contribution in [0, 0.1) is 11.3 Å². The Morgan fingerprint density at radius 1 is 0.773 bits per heavy atom. The standard InChI is InChI=1S/C20H37NO/c1-20(22)18-16-14-12-10-8-6-4-2-3-5-7-9-11-13-15-17-19-21/h10,12,20,22H,2-9,11,13-18H2,1H3/b12-10-/t20-/m1/s1. The maximum atomic E-state index is 9.14. The summed E-state index contributed by atoms with van der Waals surface area (Å²) >= 11 is 0. The first kappa shape index (κ1) is 21.2. The number of unbranched alkanes of at least 4 members (excludes halogenated alkanes) is 12. The van der Waals surface area contributed by atoms with E-state index in [4.69, 9.17) is 10.4 Å². The van der Waals surface area contributed by atoms with Gasteiger partial charge in [-0.3, -0.25) is 0 Å². The molecular formula is C20H37NO. The SMILES string of the molecule is C[C@@H](O)CCC/C=C\CCCCCCCCCCCCC#N. The summed E-state index contributed by atoms with van der Waals surface area (Å²) in [6.45, 7) is 1.86. The van der Waals surface area contributed by atoms with E-state index in [0.29, 0.717) is 0 Å². The fourth-order valence-corrected chi connectivity index (χ4v) is 2.65.